The fourth-order valence-corrected chi connectivity index (χ4v) is 3.65. The van der Waals surface area contributed by atoms with Gasteiger partial charge in [0.2, 0.25) is 11.8 Å². The molecule has 2 fully saturated rings. The average Bonchev–Trinajstić information content (AvgIpc) is 3.10. The molecule has 2 unspecified atom stereocenters. The summed E-state index contributed by atoms with van der Waals surface area (Å²) in [4.78, 5) is 24.1. The molecule has 0 aromatic heterocycles. The minimum atomic E-state index is -0.300. The van der Waals surface area contributed by atoms with Crippen LogP contribution >= 0.6 is 11.6 Å². The first-order chi connectivity index (χ1) is 9.48. The van der Waals surface area contributed by atoms with Crippen molar-refractivity contribution in [2.45, 2.75) is 38.5 Å². The Labute approximate surface area is 123 Å². The third-order valence-electron chi connectivity index (χ3n) is 4.42. The van der Waals surface area contributed by atoms with Crippen LogP contribution in [0.3, 0.4) is 0 Å². The van der Waals surface area contributed by atoms with Gasteiger partial charge in [0.25, 0.3) is 0 Å². The number of imide groups is 1. The van der Waals surface area contributed by atoms with E-state index in [9.17, 15) is 9.59 Å². The molecule has 4 heteroatoms. The number of carbonyl (C=O) groups is 2. The number of rotatable bonds is 3. The third-order valence-corrected chi connectivity index (χ3v) is 4.66. The summed E-state index contributed by atoms with van der Waals surface area (Å²) in [6.07, 6.45) is 3.77. The maximum atomic E-state index is 12.4. The number of piperidine rings is 1. The van der Waals surface area contributed by atoms with Crippen molar-refractivity contribution in [3.8, 4) is 0 Å². The minimum Gasteiger partial charge on any atom is -0.296 e. The van der Waals surface area contributed by atoms with Crippen molar-refractivity contribution in [3.63, 3.8) is 0 Å². The first-order valence-electron chi connectivity index (χ1n) is 7.07. The summed E-state index contributed by atoms with van der Waals surface area (Å²) < 4.78 is 0. The van der Waals surface area contributed by atoms with Crippen LogP contribution < -0.4 is 5.32 Å². The topological polar surface area (TPSA) is 46.2 Å². The Kier molecular flexibility index (Phi) is 3.33. The molecule has 1 aromatic rings. The highest BCUT2D eigenvalue weighted by Crippen LogP contribution is 2.50. The van der Waals surface area contributed by atoms with Gasteiger partial charge in [-0.1, -0.05) is 43.5 Å². The normalized spacial score (nSPS) is 30.2. The van der Waals surface area contributed by atoms with Crippen molar-refractivity contribution in [1.82, 2.24) is 5.32 Å². The van der Waals surface area contributed by atoms with Crippen LogP contribution in [0.2, 0.25) is 5.02 Å². The van der Waals surface area contributed by atoms with Gasteiger partial charge in [-0.2, -0.15) is 0 Å². The van der Waals surface area contributed by atoms with Gasteiger partial charge in [-0.3, -0.25) is 14.9 Å². The zero-order valence-corrected chi connectivity index (χ0v) is 12.2. The predicted molar refractivity (Wildman–Crippen MR) is 77.4 cm³/mol. The Balaban J connectivity index is 1.98. The molecular formula is C16H18ClNO2. The molecule has 1 saturated carbocycles. The van der Waals surface area contributed by atoms with Crippen molar-refractivity contribution in [2.24, 2.45) is 11.3 Å². The summed E-state index contributed by atoms with van der Waals surface area (Å²) >= 11 is 6.05. The number of hydrogen-bond acceptors (Lipinski definition) is 2. The Hall–Kier alpha value is -1.35. The maximum Gasteiger partial charge on any atom is 0.234 e. The molecule has 20 heavy (non-hydrogen) atoms. The van der Waals surface area contributed by atoms with Gasteiger partial charge in [0.05, 0.1) is 5.92 Å². The van der Waals surface area contributed by atoms with Crippen LogP contribution in [0.4, 0.5) is 0 Å². The third kappa shape index (κ3) is 2.59. The molecule has 3 rings (SSSR count). The largest absolute Gasteiger partial charge is 0.296 e. The number of amides is 2. The van der Waals surface area contributed by atoms with Gasteiger partial charge < -0.3 is 0 Å². The Bertz CT molecular complexity index is 567. The van der Waals surface area contributed by atoms with Crippen molar-refractivity contribution < 1.29 is 9.59 Å². The summed E-state index contributed by atoms with van der Waals surface area (Å²) in [5, 5.41) is 3.10. The van der Waals surface area contributed by atoms with Crippen LogP contribution in [0.25, 0.3) is 0 Å². The molecule has 0 bridgehead atoms. The molecule has 2 atom stereocenters. The van der Waals surface area contributed by atoms with E-state index in [-0.39, 0.29) is 23.1 Å². The number of hydrogen-bond donors (Lipinski definition) is 1. The smallest absolute Gasteiger partial charge is 0.234 e. The molecule has 1 saturated heterocycles. The maximum absolute atomic E-state index is 12.4. The molecule has 2 aliphatic rings. The van der Waals surface area contributed by atoms with E-state index >= 15 is 0 Å². The number of halogens is 1. The van der Waals surface area contributed by atoms with Crippen LogP contribution in [-0.4, -0.2) is 11.8 Å². The number of carbonyl (C=O) groups excluding carboxylic acids is 2. The van der Waals surface area contributed by atoms with E-state index in [4.69, 9.17) is 11.6 Å². The highest BCUT2D eigenvalue weighted by molar-refractivity contribution is 6.30. The molecule has 1 heterocycles. The second-order valence-corrected chi connectivity index (χ2v) is 6.82. The standard InChI is InChI=1S/C16H18ClNO2/c1-16(8-10-5-6-10)9-13(19)18-15(20)14(16)11-3-2-4-12(17)7-11/h2-4,7,10,14H,5-6,8-9H2,1H3,(H,18,19,20). The van der Waals surface area contributed by atoms with E-state index in [0.717, 1.165) is 12.0 Å². The van der Waals surface area contributed by atoms with E-state index < -0.39 is 0 Å². The van der Waals surface area contributed by atoms with Crippen LogP contribution in [0, 0.1) is 11.3 Å². The fraction of sp³-hybridized carbons (Fsp3) is 0.500. The van der Waals surface area contributed by atoms with Crippen molar-refractivity contribution in [2.75, 3.05) is 0 Å². The van der Waals surface area contributed by atoms with E-state index in [1.807, 2.05) is 18.2 Å². The summed E-state index contributed by atoms with van der Waals surface area (Å²) in [7, 11) is 0. The monoisotopic (exact) mass is 291 g/mol. The lowest BCUT2D eigenvalue weighted by Crippen LogP contribution is -2.49. The minimum absolute atomic E-state index is 0.156. The summed E-state index contributed by atoms with van der Waals surface area (Å²) in [6.45, 7) is 2.06. The molecule has 1 aliphatic carbocycles. The lowest BCUT2D eigenvalue weighted by Gasteiger charge is -2.40. The molecule has 3 nitrogen and oxygen atoms in total. The molecule has 2 amide bonds. The summed E-state index contributed by atoms with van der Waals surface area (Å²) in [5.74, 6) is 0.0305. The van der Waals surface area contributed by atoms with E-state index in [1.54, 1.807) is 6.07 Å². The zero-order valence-electron chi connectivity index (χ0n) is 11.5. The Morgan fingerprint density at radius 3 is 2.75 bits per heavy atom. The summed E-state index contributed by atoms with van der Waals surface area (Å²) in [6, 6.07) is 7.43. The molecule has 106 valence electrons. The first-order valence-corrected chi connectivity index (χ1v) is 7.45. The van der Waals surface area contributed by atoms with Gasteiger partial charge in [-0.25, -0.2) is 0 Å². The van der Waals surface area contributed by atoms with Gasteiger partial charge in [-0.15, -0.1) is 0 Å². The van der Waals surface area contributed by atoms with E-state index in [0.29, 0.717) is 17.4 Å². The molecule has 1 aliphatic heterocycles. The molecule has 0 spiro atoms. The van der Waals surface area contributed by atoms with Crippen molar-refractivity contribution in [1.29, 1.82) is 0 Å². The van der Waals surface area contributed by atoms with Gasteiger partial charge in [0.1, 0.15) is 0 Å². The van der Waals surface area contributed by atoms with Gasteiger partial charge >= 0.3 is 0 Å². The van der Waals surface area contributed by atoms with Gasteiger partial charge in [-0.05, 0) is 35.4 Å². The average molecular weight is 292 g/mol. The second kappa shape index (κ2) is 4.88. The van der Waals surface area contributed by atoms with Crippen LogP contribution in [0.15, 0.2) is 24.3 Å². The lowest BCUT2D eigenvalue weighted by molar-refractivity contribution is -0.139. The van der Waals surface area contributed by atoms with Crippen LogP contribution in [0.5, 0.6) is 0 Å². The van der Waals surface area contributed by atoms with Crippen LogP contribution in [0.1, 0.15) is 44.1 Å². The van der Waals surface area contributed by atoms with E-state index in [2.05, 4.69) is 12.2 Å². The number of benzene rings is 1. The number of nitrogens with one attached hydrogen (secondary N) is 1. The van der Waals surface area contributed by atoms with Crippen LogP contribution in [-0.2, 0) is 9.59 Å². The second-order valence-electron chi connectivity index (χ2n) is 6.38. The first kappa shape index (κ1) is 13.6. The highest BCUT2D eigenvalue weighted by atomic mass is 35.5. The van der Waals surface area contributed by atoms with Gasteiger partial charge in [0, 0.05) is 11.4 Å². The quantitative estimate of drug-likeness (QED) is 0.869. The lowest BCUT2D eigenvalue weighted by atomic mass is 9.66. The molecule has 0 radical (unpaired) electrons. The highest BCUT2D eigenvalue weighted by Gasteiger charge is 2.48. The Morgan fingerprint density at radius 1 is 1.35 bits per heavy atom. The SMILES string of the molecule is CC1(CC2CC2)CC(=O)NC(=O)C1c1cccc(Cl)c1. The van der Waals surface area contributed by atoms with Crippen molar-refractivity contribution in [3.05, 3.63) is 34.9 Å². The Morgan fingerprint density at radius 2 is 2.10 bits per heavy atom. The molecular weight excluding hydrogens is 274 g/mol. The molecule has 1 aromatic carbocycles. The van der Waals surface area contributed by atoms with E-state index in [1.165, 1.54) is 12.8 Å². The van der Waals surface area contributed by atoms with Crippen molar-refractivity contribution >= 4 is 23.4 Å². The van der Waals surface area contributed by atoms with Gasteiger partial charge in [0.15, 0.2) is 0 Å². The fourth-order valence-electron chi connectivity index (χ4n) is 3.45. The predicted octanol–water partition coefficient (Wildman–Crippen LogP) is 3.28. The molecule has 1 N–H and O–H groups in total. The summed E-state index contributed by atoms with van der Waals surface area (Å²) in [5.41, 5.74) is 0.608. The zero-order chi connectivity index (χ0) is 14.3.